The molecule has 1 amide bonds. The van der Waals surface area contributed by atoms with Crippen molar-refractivity contribution in [3.8, 4) is 5.75 Å². The van der Waals surface area contributed by atoms with Crippen LogP contribution >= 0.6 is 0 Å². The molecular formula is C21H32N2O4S. The Hall–Kier alpha value is -1.60. The standard InChI is InChI=1S/C21H32N2O4S/c1-15-5-4-6-20(16(15)2)22-21(24)17-11-13-23(14-12-17)28(25,26)19-9-7-18(27-3)8-10-19/h7-10,15-17,20H,4-6,11-14H2,1-3H3,(H,22,24)/t15-,16+,20+/m0/s1. The Balaban J connectivity index is 1.56. The minimum atomic E-state index is -3.53. The Morgan fingerprint density at radius 1 is 1.07 bits per heavy atom. The third kappa shape index (κ3) is 4.51. The van der Waals surface area contributed by atoms with Crippen molar-refractivity contribution in [3.63, 3.8) is 0 Å². The Morgan fingerprint density at radius 2 is 1.71 bits per heavy atom. The number of hydrogen-bond donors (Lipinski definition) is 1. The Kier molecular flexibility index (Phi) is 6.65. The van der Waals surface area contributed by atoms with Gasteiger partial charge in [-0.3, -0.25) is 4.79 Å². The van der Waals surface area contributed by atoms with Crippen LogP contribution in [0.15, 0.2) is 29.2 Å². The van der Waals surface area contributed by atoms with Gasteiger partial charge in [0.2, 0.25) is 15.9 Å². The minimum Gasteiger partial charge on any atom is -0.497 e. The average molecular weight is 409 g/mol. The zero-order valence-corrected chi connectivity index (χ0v) is 17.9. The summed E-state index contributed by atoms with van der Waals surface area (Å²) in [6.07, 6.45) is 4.57. The van der Waals surface area contributed by atoms with Crippen LogP contribution in [-0.4, -0.2) is 44.9 Å². The maximum Gasteiger partial charge on any atom is 0.243 e. The predicted octanol–water partition coefficient (Wildman–Crippen LogP) is 3.04. The van der Waals surface area contributed by atoms with Gasteiger partial charge >= 0.3 is 0 Å². The summed E-state index contributed by atoms with van der Waals surface area (Å²) >= 11 is 0. The van der Waals surface area contributed by atoms with Crippen molar-refractivity contribution in [2.24, 2.45) is 17.8 Å². The summed E-state index contributed by atoms with van der Waals surface area (Å²) in [6, 6.07) is 6.69. The number of methoxy groups -OCH3 is 1. The molecule has 0 spiro atoms. The number of carbonyl (C=O) groups excluding carboxylic acids is 1. The summed E-state index contributed by atoms with van der Waals surface area (Å²) in [7, 11) is -1.98. The first-order chi connectivity index (χ1) is 13.3. The first-order valence-electron chi connectivity index (χ1n) is 10.3. The molecule has 0 bridgehead atoms. The van der Waals surface area contributed by atoms with Gasteiger partial charge in [0, 0.05) is 25.0 Å². The quantitative estimate of drug-likeness (QED) is 0.813. The van der Waals surface area contributed by atoms with Crippen LogP contribution in [0.2, 0.25) is 0 Å². The predicted molar refractivity (Wildman–Crippen MR) is 109 cm³/mol. The Bertz CT molecular complexity index is 770. The lowest BCUT2D eigenvalue weighted by Gasteiger charge is -2.36. The summed E-state index contributed by atoms with van der Waals surface area (Å²) in [6.45, 7) is 5.23. The van der Waals surface area contributed by atoms with Gasteiger partial charge in [0.05, 0.1) is 12.0 Å². The van der Waals surface area contributed by atoms with Crippen molar-refractivity contribution >= 4 is 15.9 Å². The van der Waals surface area contributed by atoms with Crippen molar-refractivity contribution in [1.82, 2.24) is 9.62 Å². The smallest absolute Gasteiger partial charge is 0.243 e. The molecule has 0 radical (unpaired) electrons. The molecule has 1 N–H and O–H groups in total. The second-order valence-electron chi connectivity index (χ2n) is 8.24. The molecule has 28 heavy (non-hydrogen) atoms. The van der Waals surface area contributed by atoms with Gasteiger partial charge in [-0.25, -0.2) is 8.42 Å². The lowest BCUT2D eigenvalue weighted by atomic mass is 9.78. The number of rotatable bonds is 5. The third-order valence-electron chi connectivity index (χ3n) is 6.56. The highest BCUT2D eigenvalue weighted by atomic mass is 32.2. The van der Waals surface area contributed by atoms with Gasteiger partial charge in [-0.1, -0.05) is 26.7 Å². The average Bonchev–Trinajstić information content (AvgIpc) is 2.71. The van der Waals surface area contributed by atoms with E-state index in [4.69, 9.17) is 4.74 Å². The summed E-state index contributed by atoms with van der Waals surface area (Å²) in [5, 5.41) is 3.25. The molecule has 2 aliphatic rings. The highest BCUT2D eigenvalue weighted by Crippen LogP contribution is 2.30. The number of hydrogen-bond acceptors (Lipinski definition) is 4. The van der Waals surface area contributed by atoms with Gasteiger partial charge in [-0.2, -0.15) is 4.31 Å². The first-order valence-corrected chi connectivity index (χ1v) is 11.7. The van der Waals surface area contributed by atoms with Crippen LogP contribution in [0.3, 0.4) is 0 Å². The molecule has 3 rings (SSSR count). The largest absolute Gasteiger partial charge is 0.497 e. The molecule has 1 aromatic rings. The lowest BCUT2D eigenvalue weighted by Crippen LogP contribution is -2.48. The summed E-state index contributed by atoms with van der Waals surface area (Å²) in [5.74, 6) is 1.74. The Labute approximate surface area is 168 Å². The number of benzene rings is 1. The Morgan fingerprint density at radius 3 is 2.32 bits per heavy atom. The molecule has 1 aromatic carbocycles. The van der Waals surface area contributed by atoms with Crippen molar-refractivity contribution in [2.45, 2.75) is 56.9 Å². The van der Waals surface area contributed by atoms with Gasteiger partial charge in [0.25, 0.3) is 0 Å². The second kappa shape index (κ2) is 8.82. The summed E-state index contributed by atoms with van der Waals surface area (Å²) in [5.41, 5.74) is 0. The number of sulfonamides is 1. The first kappa shape index (κ1) is 21.1. The highest BCUT2D eigenvalue weighted by Gasteiger charge is 2.34. The maximum atomic E-state index is 12.8. The zero-order chi connectivity index (χ0) is 20.3. The van der Waals surface area contributed by atoms with E-state index < -0.39 is 10.0 Å². The molecule has 3 atom stereocenters. The zero-order valence-electron chi connectivity index (χ0n) is 17.1. The van der Waals surface area contributed by atoms with Gasteiger partial charge in [-0.05, 0) is 55.4 Å². The van der Waals surface area contributed by atoms with Crippen LogP contribution in [0.25, 0.3) is 0 Å². The molecule has 2 fully saturated rings. The minimum absolute atomic E-state index is 0.0902. The number of ether oxygens (including phenoxy) is 1. The van der Waals surface area contributed by atoms with Gasteiger partial charge in [-0.15, -0.1) is 0 Å². The molecule has 0 unspecified atom stereocenters. The monoisotopic (exact) mass is 408 g/mol. The van der Waals surface area contributed by atoms with E-state index in [1.807, 2.05) is 0 Å². The van der Waals surface area contributed by atoms with Gasteiger partial charge in [0.1, 0.15) is 5.75 Å². The van der Waals surface area contributed by atoms with Crippen LogP contribution in [0, 0.1) is 17.8 Å². The number of amides is 1. The van der Waals surface area contributed by atoms with E-state index in [0.29, 0.717) is 43.5 Å². The molecular weight excluding hydrogens is 376 g/mol. The topological polar surface area (TPSA) is 75.7 Å². The van der Waals surface area contributed by atoms with Crippen LogP contribution < -0.4 is 10.1 Å². The van der Waals surface area contributed by atoms with Crippen LogP contribution in [-0.2, 0) is 14.8 Å². The van der Waals surface area contributed by atoms with Gasteiger partial charge < -0.3 is 10.1 Å². The lowest BCUT2D eigenvalue weighted by molar-refractivity contribution is -0.127. The number of nitrogens with zero attached hydrogens (tertiary/aromatic N) is 1. The summed E-state index contributed by atoms with van der Waals surface area (Å²) in [4.78, 5) is 13.0. The van der Waals surface area contributed by atoms with E-state index in [2.05, 4.69) is 19.2 Å². The maximum absolute atomic E-state index is 12.8. The molecule has 0 aromatic heterocycles. The van der Waals surface area contributed by atoms with Crippen molar-refractivity contribution in [3.05, 3.63) is 24.3 Å². The van der Waals surface area contributed by atoms with Crippen molar-refractivity contribution in [1.29, 1.82) is 0 Å². The normalized spacial score (nSPS) is 27.3. The SMILES string of the molecule is COc1ccc(S(=O)(=O)N2CCC(C(=O)N[C@@H]3CCC[C@H](C)[C@H]3C)CC2)cc1. The second-order valence-corrected chi connectivity index (χ2v) is 10.2. The van der Waals surface area contributed by atoms with Crippen LogP contribution in [0.5, 0.6) is 5.75 Å². The number of nitrogens with one attached hydrogen (secondary N) is 1. The third-order valence-corrected chi connectivity index (χ3v) is 8.47. The van der Waals surface area contributed by atoms with Crippen molar-refractivity contribution in [2.75, 3.05) is 20.2 Å². The van der Waals surface area contributed by atoms with E-state index in [9.17, 15) is 13.2 Å². The fraction of sp³-hybridized carbons (Fsp3) is 0.667. The summed E-state index contributed by atoms with van der Waals surface area (Å²) < 4.78 is 32.3. The van der Waals surface area contributed by atoms with Gasteiger partial charge in [0.15, 0.2) is 0 Å². The van der Waals surface area contributed by atoms with E-state index in [1.165, 1.54) is 10.7 Å². The number of carbonyl (C=O) groups is 1. The molecule has 1 aliphatic heterocycles. The molecule has 156 valence electrons. The van der Waals surface area contributed by atoms with E-state index >= 15 is 0 Å². The highest BCUT2D eigenvalue weighted by molar-refractivity contribution is 7.89. The molecule has 1 heterocycles. The van der Waals surface area contributed by atoms with Crippen LogP contribution in [0.4, 0.5) is 0 Å². The molecule has 1 saturated heterocycles. The fourth-order valence-corrected chi connectivity index (χ4v) is 5.81. The van der Waals surface area contributed by atoms with Crippen LogP contribution in [0.1, 0.15) is 46.0 Å². The number of piperidine rings is 1. The molecule has 1 saturated carbocycles. The van der Waals surface area contributed by atoms with E-state index in [1.54, 1.807) is 31.4 Å². The molecule has 6 nitrogen and oxygen atoms in total. The van der Waals surface area contributed by atoms with E-state index in [0.717, 1.165) is 12.8 Å². The van der Waals surface area contributed by atoms with Crippen molar-refractivity contribution < 1.29 is 17.9 Å². The molecule has 7 heteroatoms. The fourth-order valence-electron chi connectivity index (χ4n) is 4.34. The van der Waals surface area contributed by atoms with E-state index in [-0.39, 0.29) is 22.8 Å². The molecule has 1 aliphatic carbocycles.